The van der Waals surface area contributed by atoms with Crippen LogP contribution in [0.15, 0.2) is 0 Å². The zero-order valence-corrected chi connectivity index (χ0v) is 12.7. The van der Waals surface area contributed by atoms with E-state index in [2.05, 4.69) is 22.5 Å². The summed E-state index contributed by atoms with van der Waals surface area (Å²) in [6.45, 7) is 8.70. The standard InChI is InChI=1S/C15H29N3O2/c1-13-12-20-11-10-18(13)9-8-17-15(19)3-2-14-4-6-16-7-5-14/h13-14,16H,2-12H2,1H3,(H,17,19). The van der Waals surface area contributed by atoms with Crippen molar-refractivity contribution in [3.8, 4) is 0 Å². The maximum atomic E-state index is 11.8. The first-order chi connectivity index (χ1) is 9.75. The number of nitrogens with one attached hydrogen (secondary N) is 2. The number of amides is 1. The third-order valence-electron chi connectivity index (χ3n) is 4.46. The first-order valence-corrected chi connectivity index (χ1v) is 8.05. The van der Waals surface area contributed by atoms with Gasteiger partial charge in [-0.3, -0.25) is 9.69 Å². The summed E-state index contributed by atoms with van der Waals surface area (Å²) in [4.78, 5) is 14.2. The molecular weight excluding hydrogens is 254 g/mol. The fourth-order valence-corrected chi connectivity index (χ4v) is 3.03. The Bertz CT molecular complexity index is 293. The number of nitrogens with zero attached hydrogens (tertiary/aromatic N) is 1. The van der Waals surface area contributed by atoms with Crippen molar-refractivity contribution in [2.24, 2.45) is 5.92 Å². The molecule has 2 saturated heterocycles. The van der Waals surface area contributed by atoms with Crippen LogP contribution in [0, 0.1) is 5.92 Å². The first kappa shape index (κ1) is 15.7. The molecule has 0 spiro atoms. The summed E-state index contributed by atoms with van der Waals surface area (Å²) in [6.07, 6.45) is 4.17. The number of hydrogen-bond donors (Lipinski definition) is 2. The minimum absolute atomic E-state index is 0.212. The molecule has 20 heavy (non-hydrogen) atoms. The molecule has 1 unspecified atom stereocenters. The number of carbonyl (C=O) groups is 1. The summed E-state index contributed by atoms with van der Waals surface area (Å²) in [5.74, 6) is 0.950. The van der Waals surface area contributed by atoms with Crippen molar-refractivity contribution in [1.29, 1.82) is 0 Å². The normalized spacial score (nSPS) is 25.6. The van der Waals surface area contributed by atoms with Gasteiger partial charge in [0.2, 0.25) is 5.91 Å². The molecular formula is C15H29N3O2. The van der Waals surface area contributed by atoms with E-state index >= 15 is 0 Å². The van der Waals surface area contributed by atoms with E-state index in [9.17, 15) is 4.79 Å². The van der Waals surface area contributed by atoms with Gasteiger partial charge in [0.1, 0.15) is 0 Å². The highest BCUT2D eigenvalue weighted by Gasteiger charge is 2.18. The lowest BCUT2D eigenvalue weighted by atomic mass is 9.93. The lowest BCUT2D eigenvalue weighted by molar-refractivity contribution is -0.121. The Balaban J connectivity index is 1.53. The Morgan fingerprint density at radius 3 is 2.95 bits per heavy atom. The van der Waals surface area contributed by atoms with Gasteiger partial charge in [-0.05, 0) is 45.2 Å². The van der Waals surface area contributed by atoms with Crippen LogP contribution in [0.4, 0.5) is 0 Å². The van der Waals surface area contributed by atoms with E-state index in [1.807, 2.05) is 0 Å². The van der Waals surface area contributed by atoms with Crippen LogP contribution in [-0.2, 0) is 9.53 Å². The first-order valence-electron chi connectivity index (χ1n) is 8.05. The maximum absolute atomic E-state index is 11.8. The van der Waals surface area contributed by atoms with E-state index in [1.54, 1.807) is 0 Å². The second-order valence-electron chi connectivity index (χ2n) is 6.04. The van der Waals surface area contributed by atoms with Gasteiger partial charge in [0.05, 0.1) is 13.2 Å². The Morgan fingerprint density at radius 2 is 2.20 bits per heavy atom. The predicted octanol–water partition coefficient (Wildman–Crippen LogP) is 0.603. The third-order valence-corrected chi connectivity index (χ3v) is 4.46. The van der Waals surface area contributed by atoms with Crippen LogP contribution in [0.25, 0.3) is 0 Å². The molecule has 1 atom stereocenters. The largest absolute Gasteiger partial charge is 0.379 e. The highest BCUT2D eigenvalue weighted by Crippen LogP contribution is 2.17. The van der Waals surface area contributed by atoms with E-state index in [-0.39, 0.29) is 5.91 Å². The number of piperidine rings is 1. The van der Waals surface area contributed by atoms with Gasteiger partial charge in [-0.2, -0.15) is 0 Å². The topological polar surface area (TPSA) is 53.6 Å². The highest BCUT2D eigenvalue weighted by atomic mass is 16.5. The fraction of sp³-hybridized carbons (Fsp3) is 0.933. The van der Waals surface area contributed by atoms with Crippen molar-refractivity contribution in [1.82, 2.24) is 15.5 Å². The zero-order chi connectivity index (χ0) is 14.2. The van der Waals surface area contributed by atoms with Gasteiger partial charge in [0.15, 0.2) is 0 Å². The number of morpholine rings is 1. The van der Waals surface area contributed by atoms with Crippen LogP contribution in [0.2, 0.25) is 0 Å². The SMILES string of the molecule is CC1COCCN1CCNC(=O)CCC1CCNCC1. The van der Waals surface area contributed by atoms with Crippen LogP contribution in [0.5, 0.6) is 0 Å². The summed E-state index contributed by atoms with van der Waals surface area (Å²) in [5, 5.41) is 6.41. The van der Waals surface area contributed by atoms with Gasteiger partial charge in [-0.25, -0.2) is 0 Å². The van der Waals surface area contributed by atoms with Gasteiger partial charge in [-0.15, -0.1) is 0 Å². The molecule has 0 saturated carbocycles. The quantitative estimate of drug-likeness (QED) is 0.750. The Labute approximate surface area is 122 Å². The predicted molar refractivity (Wildman–Crippen MR) is 79.7 cm³/mol. The van der Waals surface area contributed by atoms with Crippen LogP contribution in [0.3, 0.4) is 0 Å². The van der Waals surface area contributed by atoms with E-state index in [0.29, 0.717) is 12.5 Å². The molecule has 1 amide bonds. The van der Waals surface area contributed by atoms with E-state index < -0.39 is 0 Å². The van der Waals surface area contributed by atoms with Crippen LogP contribution < -0.4 is 10.6 Å². The van der Waals surface area contributed by atoms with Gasteiger partial charge >= 0.3 is 0 Å². The molecule has 2 heterocycles. The maximum Gasteiger partial charge on any atom is 0.220 e. The Kier molecular flexibility index (Phi) is 6.76. The number of ether oxygens (including phenoxy) is 1. The molecule has 5 heteroatoms. The average molecular weight is 283 g/mol. The fourth-order valence-electron chi connectivity index (χ4n) is 3.03. The summed E-state index contributed by atoms with van der Waals surface area (Å²) < 4.78 is 5.41. The molecule has 0 aromatic carbocycles. The van der Waals surface area contributed by atoms with E-state index in [1.165, 1.54) is 12.8 Å². The van der Waals surface area contributed by atoms with Crippen LogP contribution in [-0.4, -0.2) is 62.8 Å². The molecule has 0 aromatic heterocycles. The zero-order valence-electron chi connectivity index (χ0n) is 12.7. The molecule has 0 bridgehead atoms. The Hall–Kier alpha value is -0.650. The van der Waals surface area contributed by atoms with Gasteiger partial charge in [-0.1, -0.05) is 0 Å². The molecule has 2 aliphatic heterocycles. The summed E-state index contributed by atoms with van der Waals surface area (Å²) in [7, 11) is 0. The van der Waals surface area contributed by atoms with Gasteiger partial charge in [0, 0.05) is 32.1 Å². The van der Waals surface area contributed by atoms with Crippen molar-refractivity contribution in [3.63, 3.8) is 0 Å². The van der Waals surface area contributed by atoms with Crippen molar-refractivity contribution in [2.45, 2.75) is 38.6 Å². The molecule has 0 aliphatic carbocycles. The highest BCUT2D eigenvalue weighted by molar-refractivity contribution is 5.75. The lowest BCUT2D eigenvalue weighted by Crippen LogP contribution is -2.46. The Morgan fingerprint density at radius 1 is 1.40 bits per heavy atom. The minimum atomic E-state index is 0.212. The lowest BCUT2D eigenvalue weighted by Gasteiger charge is -2.33. The summed E-state index contributed by atoms with van der Waals surface area (Å²) in [6, 6.07) is 0.468. The minimum Gasteiger partial charge on any atom is -0.379 e. The van der Waals surface area contributed by atoms with Crippen LogP contribution >= 0.6 is 0 Å². The third kappa shape index (κ3) is 5.38. The molecule has 5 nitrogen and oxygen atoms in total. The van der Waals surface area contributed by atoms with Crippen LogP contribution in [0.1, 0.15) is 32.6 Å². The molecule has 0 aromatic rings. The van der Waals surface area contributed by atoms with E-state index in [4.69, 9.17) is 4.74 Å². The van der Waals surface area contributed by atoms with Crippen molar-refractivity contribution < 1.29 is 9.53 Å². The second-order valence-corrected chi connectivity index (χ2v) is 6.04. The number of rotatable bonds is 6. The van der Waals surface area contributed by atoms with Crippen molar-refractivity contribution in [3.05, 3.63) is 0 Å². The van der Waals surface area contributed by atoms with Gasteiger partial charge < -0.3 is 15.4 Å². The number of carbonyl (C=O) groups excluding carboxylic acids is 1. The molecule has 2 N–H and O–H groups in total. The smallest absolute Gasteiger partial charge is 0.220 e. The summed E-state index contributed by atoms with van der Waals surface area (Å²) >= 11 is 0. The van der Waals surface area contributed by atoms with E-state index in [0.717, 1.165) is 58.3 Å². The second kappa shape index (κ2) is 8.60. The summed E-state index contributed by atoms with van der Waals surface area (Å²) in [5.41, 5.74) is 0. The molecule has 2 fully saturated rings. The molecule has 2 rings (SSSR count). The average Bonchev–Trinajstić information content (AvgIpc) is 2.48. The molecule has 2 aliphatic rings. The monoisotopic (exact) mass is 283 g/mol. The molecule has 116 valence electrons. The van der Waals surface area contributed by atoms with Crippen molar-refractivity contribution in [2.75, 3.05) is 45.9 Å². The molecule has 0 radical (unpaired) electrons. The number of hydrogen-bond acceptors (Lipinski definition) is 4. The van der Waals surface area contributed by atoms with Crippen molar-refractivity contribution >= 4 is 5.91 Å². The van der Waals surface area contributed by atoms with Gasteiger partial charge in [0.25, 0.3) is 0 Å².